The van der Waals surface area contributed by atoms with E-state index in [0.717, 1.165) is 13.1 Å². The van der Waals surface area contributed by atoms with Gasteiger partial charge < -0.3 is 15.1 Å². The lowest BCUT2D eigenvalue weighted by Gasteiger charge is -2.37. The summed E-state index contributed by atoms with van der Waals surface area (Å²) in [5.74, 6) is -0.428. The van der Waals surface area contributed by atoms with Crippen molar-refractivity contribution in [3.63, 3.8) is 0 Å². The largest absolute Gasteiger partial charge is 0.368 e. The molecule has 1 N–H and O–H groups in total. The van der Waals surface area contributed by atoms with Crippen LogP contribution in [0.25, 0.3) is 0 Å². The highest BCUT2D eigenvalue weighted by atomic mass is 16.2. The molecule has 1 aliphatic heterocycles. The van der Waals surface area contributed by atoms with E-state index in [9.17, 15) is 14.4 Å². The van der Waals surface area contributed by atoms with Crippen LogP contribution in [0.2, 0.25) is 0 Å². The molecule has 176 valence electrons. The summed E-state index contributed by atoms with van der Waals surface area (Å²) in [7, 11) is 0. The summed E-state index contributed by atoms with van der Waals surface area (Å²) in [4.78, 5) is 41.7. The van der Waals surface area contributed by atoms with Crippen LogP contribution in [-0.4, -0.2) is 52.7 Å². The average molecular weight is 460 g/mol. The Morgan fingerprint density at radius 1 is 0.941 bits per heavy atom. The van der Waals surface area contributed by atoms with Gasteiger partial charge in [0.1, 0.15) is 5.69 Å². The molecule has 4 rings (SSSR count). The molecule has 0 radical (unpaired) electrons. The fourth-order valence-corrected chi connectivity index (χ4v) is 4.06. The lowest BCUT2D eigenvalue weighted by molar-refractivity contribution is -0.131. The molecule has 2 heterocycles. The molecule has 2 aromatic carbocycles. The van der Waals surface area contributed by atoms with Gasteiger partial charge in [0.05, 0.1) is 6.54 Å². The molecule has 1 fully saturated rings. The molecule has 1 aliphatic rings. The van der Waals surface area contributed by atoms with E-state index in [2.05, 4.69) is 47.4 Å². The maximum atomic E-state index is 12.8. The van der Waals surface area contributed by atoms with Crippen molar-refractivity contribution in [2.75, 3.05) is 36.4 Å². The van der Waals surface area contributed by atoms with Crippen molar-refractivity contribution in [3.05, 3.63) is 87.8 Å². The molecular formula is C26H29N5O3. The van der Waals surface area contributed by atoms with Crippen molar-refractivity contribution in [1.82, 2.24) is 14.7 Å². The molecule has 2 amide bonds. The standard InChI is InChI=1S/C26H29N5O3/c1-19-8-9-20(2)23(18-19)29-14-16-30(17-15-29)24(32)12-13-31-25(33)11-10-22(28-31)26(34)27-21-6-4-3-5-7-21/h3-11,18H,12-17H2,1-2H3,(H,27,34). The highest BCUT2D eigenvalue weighted by molar-refractivity contribution is 6.02. The van der Waals surface area contributed by atoms with Gasteiger partial charge in [-0.25, -0.2) is 4.68 Å². The molecule has 0 spiro atoms. The molecule has 8 heteroatoms. The van der Waals surface area contributed by atoms with Gasteiger partial charge in [0.25, 0.3) is 11.5 Å². The summed E-state index contributed by atoms with van der Waals surface area (Å²) in [6, 6.07) is 18.1. The van der Waals surface area contributed by atoms with E-state index in [0.29, 0.717) is 18.8 Å². The molecule has 0 saturated carbocycles. The molecule has 1 aromatic heterocycles. The fourth-order valence-electron chi connectivity index (χ4n) is 4.06. The highest BCUT2D eigenvalue weighted by Gasteiger charge is 2.22. The Balaban J connectivity index is 1.33. The Labute approximate surface area is 198 Å². The Morgan fingerprint density at radius 3 is 2.41 bits per heavy atom. The van der Waals surface area contributed by atoms with Gasteiger partial charge in [-0.1, -0.05) is 30.3 Å². The minimum absolute atomic E-state index is 0.0199. The minimum atomic E-state index is -0.408. The van der Waals surface area contributed by atoms with E-state index >= 15 is 0 Å². The van der Waals surface area contributed by atoms with Crippen LogP contribution in [0.4, 0.5) is 11.4 Å². The molecule has 1 saturated heterocycles. The lowest BCUT2D eigenvalue weighted by Crippen LogP contribution is -2.49. The number of carbonyl (C=O) groups is 2. The first-order chi connectivity index (χ1) is 16.4. The van der Waals surface area contributed by atoms with Crippen LogP contribution < -0.4 is 15.8 Å². The number of anilines is 2. The monoisotopic (exact) mass is 459 g/mol. The van der Waals surface area contributed by atoms with Gasteiger partial charge in [0, 0.05) is 50.0 Å². The zero-order chi connectivity index (χ0) is 24.1. The van der Waals surface area contributed by atoms with Gasteiger partial charge >= 0.3 is 0 Å². The summed E-state index contributed by atoms with van der Waals surface area (Å²) >= 11 is 0. The van der Waals surface area contributed by atoms with Crippen LogP contribution in [0, 0.1) is 13.8 Å². The van der Waals surface area contributed by atoms with Crippen molar-refractivity contribution < 1.29 is 9.59 Å². The third-order valence-corrected chi connectivity index (χ3v) is 6.01. The maximum absolute atomic E-state index is 12.8. The number of nitrogens with zero attached hydrogens (tertiary/aromatic N) is 4. The van der Waals surface area contributed by atoms with Crippen LogP contribution in [0.3, 0.4) is 0 Å². The Morgan fingerprint density at radius 2 is 1.68 bits per heavy atom. The van der Waals surface area contributed by atoms with E-state index < -0.39 is 5.91 Å². The molecular weight excluding hydrogens is 430 g/mol. The smallest absolute Gasteiger partial charge is 0.276 e. The van der Waals surface area contributed by atoms with Gasteiger partial charge in [0.15, 0.2) is 0 Å². The molecule has 3 aromatic rings. The Hall–Kier alpha value is -3.94. The number of benzene rings is 2. The van der Waals surface area contributed by atoms with Crippen molar-refractivity contribution in [2.45, 2.75) is 26.8 Å². The summed E-state index contributed by atoms with van der Waals surface area (Å²) in [5.41, 5.74) is 4.08. The molecule has 0 bridgehead atoms. The van der Waals surface area contributed by atoms with Crippen molar-refractivity contribution >= 4 is 23.2 Å². The summed E-state index contributed by atoms with van der Waals surface area (Å²) < 4.78 is 1.18. The van der Waals surface area contributed by atoms with E-state index in [1.54, 1.807) is 12.1 Å². The number of hydrogen-bond acceptors (Lipinski definition) is 5. The van der Waals surface area contributed by atoms with E-state index in [-0.39, 0.29) is 30.1 Å². The predicted molar refractivity (Wildman–Crippen MR) is 132 cm³/mol. The SMILES string of the molecule is Cc1ccc(C)c(N2CCN(C(=O)CCn3nc(C(=O)Nc4ccccc4)ccc3=O)CC2)c1. The van der Waals surface area contributed by atoms with Crippen molar-refractivity contribution in [3.8, 4) is 0 Å². The van der Waals surface area contributed by atoms with E-state index in [1.807, 2.05) is 23.1 Å². The van der Waals surface area contributed by atoms with Gasteiger partial charge in [-0.3, -0.25) is 14.4 Å². The third-order valence-electron chi connectivity index (χ3n) is 6.01. The summed E-state index contributed by atoms with van der Waals surface area (Å²) in [5, 5.41) is 6.92. The van der Waals surface area contributed by atoms with E-state index in [4.69, 9.17) is 0 Å². The molecule has 34 heavy (non-hydrogen) atoms. The number of hydrogen-bond donors (Lipinski definition) is 1. The normalized spacial score (nSPS) is 13.6. The lowest BCUT2D eigenvalue weighted by atomic mass is 10.1. The number of piperazine rings is 1. The first-order valence-electron chi connectivity index (χ1n) is 11.5. The maximum Gasteiger partial charge on any atom is 0.276 e. The van der Waals surface area contributed by atoms with Gasteiger partial charge in [-0.2, -0.15) is 5.10 Å². The van der Waals surface area contributed by atoms with Crippen molar-refractivity contribution in [2.24, 2.45) is 0 Å². The minimum Gasteiger partial charge on any atom is -0.368 e. The zero-order valence-corrected chi connectivity index (χ0v) is 19.5. The molecule has 0 unspecified atom stereocenters. The second kappa shape index (κ2) is 10.3. The number of aromatic nitrogens is 2. The Bertz CT molecular complexity index is 1230. The van der Waals surface area contributed by atoms with Gasteiger partial charge in [-0.15, -0.1) is 0 Å². The topological polar surface area (TPSA) is 87.5 Å². The van der Waals surface area contributed by atoms with Crippen molar-refractivity contribution in [1.29, 1.82) is 0 Å². The summed E-state index contributed by atoms with van der Waals surface area (Å²) in [6.45, 7) is 7.11. The first-order valence-corrected chi connectivity index (χ1v) is 11.5. The second-order valence-corrected chi connectivity index (χ2v) is 8.51. The predicted octanol–water partition coefficient (Wildman–Crippen LogP) is 2.85. The molecule has 0 atom stereocenters. The first kappa shape index (κ1) is 23.2. The quantitative estimate of drug-likeness (QED) is 0.613. The van der Waals surface area contributed by atoms with E-state index in [1.165, 1.54) is 33.6 Å². The number of rotatable bonds is 6. The van der Waals surface area contributed by atoms with Crippen LogP contribution in [0.1, 0.15) is 28.0 Å². The zero-order valence-electron chi connectivity index (χ0n) is 19.5. The Kier molecular flexibility index (Phi) is 7.06. The fraction of sp³-hybridized carbons (Fsp3) is 0.308. The number of para-hydroxylation sites is 1. The van der Waals surface area contributed by atoms with Crippen LogP contribution in [0.15, 0.2) is 65.5 Å². The molecule has 0 aliphatic carbocycles. The van der Waals surface area contributed by atoms with Gasteiger partial charge in [0.2, 0.25) is 5.91 Å². The highest BCUT2D eigenvalue weighted by Crippen LogP contribution is 2.23. The number of nitrogens with one attached hydrogen (secondary N) is 1. The van der Waals surface area contributed by atoms with Crippen LogP contribution in [0.5, 0.6) is 0 Å². The summed E-state index contributed by atoms with van der Waals surface area (Å²) in [6.07, 6.45) is 0.153. The molecule has 8 nitrogen and oxygen atoms in total. The number of aryl methyl sites for hydroxylation is 3. The number of carbonyl (C=O) groups excluding carboxylic acids is 2. The third kappa shape index (κ3) is 5.51. The average Bonchev–Trinajstić information content (AvgIpc) is 2.85. The van der Waals surface area contributed by atoms with Gasteiger partial charge in [-0.05, 0) is 49.2 Å². The van der Waals surface area contributed by atoms with Crippen LogP contribution in [-0.2, 0) is 11.3 Å². The number of amides is 2. The van der Waals surface area contributed by atoms with Crippen LogP contribution >= 0.6 is 0 Å². The second-order valence-electron chi connectivity index (χ2n) is 8.51.